The minimum atomic E-state index is -0.167. The molecule has 0 aliphatic carbocycles. The maximum absolute atomic E-state index is 9.84. The fourth-order valence-electron chi connectivity index (χ4n) is 3.62. The van der Waals surface area contributed by atoms with Crippen LogP contribution >= 0.6 is 0 Å². The van der Waals surface area contributed by atoms with Crippen LogP contribution < -0.4 is 9.64 Å². The van der Waals surface area contributed by atoms with Crippen LogP contribution in [0.25, 0.3) is 0 Å². The second-order valence-electron chi connectivity index (χ2n) is 7.09. The average molecular weight is 359 g/mol. The zero-order valence-corrected chi connectivity index (χ0v) is 15.4. The van der Waals surface area contributed by atoms with Crippen molar-refractivity contribution >= 4 is 5.69 Å². The van der Waals surface area contributed by atoms with E-state index >= 15 is 0 Å². The second-order valence-corrected chi connectivity index (χ2v) is 7.09. The van der Waals surface area contributed by atoms with Gasteiger partial charge in [0.2, 0.25) is 0 Å². The van der Waals surface area contributed by atoms with E-state index in [2.05, 4.69) is 41.3 Å². The van der Waals surface area contributed by atoms with E-state index in [1.165, 1.54) is 16.8 Å². The molecule has 4 rings (SSSR count). The molecule has 1 N–H and O–H groups in total. The topological polar surface area (TPSA) is 32.7 Å². The third-order valence-electron chi connectivity index (χ3n) is 5.07. The molecular weight excluding hydrogens is 334 g/mol. The minimum absolute atomic E-state index is 0.167. The highest BCUT2D eigenvalue weighted by atomic mass is 16.5. The third-order valence-corrected chi connectivity index (χ3v) is 5.07. The number of piperidine rings is 1. The number of anilines is 1. The molecule has 0 aromatic heterocycles. The first kappa shape index (κ1) is 17.6. The molecule has 3 aromatic carbocycles. The lowest BCUT2D eigenvalue weighted by Crippen LogP contribution is -2.36. The Morgan fingerprint density at radius 3 is 2.19 bits per heavy atom. The van der Waals surface area contributed by atoms with E-state index in [0.29, 0.717) is 0 Å². The number of aliphatic hydroxyl groups is 1. The zero-order chi connectivity index (χ0) is 18.5. The Morgan fingerprint density at radius 1 is 0.815 bits per heavy atom. The van der Waals surface area contributed by atoms with Crippen molar-refractivity contribution < 1.29 is 9.84 Å². The highest BCUT2D eigenvalue weighted by molar-refractivity contribution is 5.58. The van der Waals surface area contributed by atoms with E-state index in [9.17, 15) is 5.11 Å². The molecular formula is C24H25NO2. The summed E-state index contributed by atoms with van der Waals surface area (Å²) in [5.74, 6) is 1.70. The zero-order valence-electron chi connectivity index (χ0n) is 15.4. The molecule has 0 spiro atoms. The van der Waals surface area contributed by atoms with Crippen LogP contribution in [0.2, 0.25) is 0 Å². The summed E-state index contributed by atoms with van der Waals surface area (Å²) in [6.45, 7) is 1.78. The van der Waals surface area contributed by atoms with Crippen molar-refractivity contribution in [2.75, 3.05) is 18.0 Å². The van der Waals surface area contributed by atoms with Gasteiger partial charge in [-0.05, 0) is 60.7 Å². The Balaban J connectivity index is 1.63. The molecule has 1 heterocycles. The van der Waals surface area contributed by atoms with Crippen LogP contribution in [-0.2, 0) is 6.42 Å². The molecule has 0 atom stereocenters. The number of aliphatic hydroxyl groups excluding tert-OH is 1. The van der Waals surface area contributed by atoms with Crippen molar-refractivity contribution in [2.45, 2.75) is 25.4 Å². The van der Waals surface area contributed by atoms with E-state index in [4.69, 9.17) is 4.74 Å². The van der Waals surface area contributed by atoms with Crippen LogP contribution in [0.1, 0.15) is 24.0 Å². The van der Waals surface area contributed by atoms with Gasteiger partial charge in [0.25, 0.3) is 0 Å². The lowest BCUT2D eigenvalue weighted by molar-refractivity contribution is 0.145. The van der Waals surface area contributed by atoms with Gasteiger partial charge in [0.1, 0.15) is 11.5 Å². The Morgan fingerprint density at radius 2 is 1.48 bits per heavy atom. The van der Waals surface area contributed by atoms with E-state index in [0.717, 1.165) is 43.9 Å². The summed E-state index contributed by atoms with van der Waals surface area (Å²) in [6, 6.07) is 26.8. The number of para-hydroxylation sites is 1. The summed E-state index contributed by atoms with van der Waals surface area (Å²) in [5.41, 5.74) is 3.78. The summed E-state index contributed by atoms with van der Waals surface area (Å²) >= 11 is 0. The van der Waals surface area contributed by atoms with Crippen LogP contribution in [-0.4, -0.2) is 24.3 Å². The molecule has 3 nitrogen and oxygen atoms in total. The molecule has 1 aliphatic rings. The van der Waals surface area contributed by atoms with Crippen LogP contribution in [0, 0.1) is 0 Å². The maximum Gasteiger partial charge on any atom is 0.127 e. The molecule has 0 amide bonds. The predicted molar refractivity (Wildman–Crippen MR) is 110 cm³/mol. The van der Waals surface area contributed by atoms with E-state index < -0.39 is 0 Å². The van der Waals surface area contributed by atoms with Crippen LogP contribution in [0.3, 0.4) is 0 Å². The predicted octanol–water partition coefficient (Wildman–Crippen LogP) is 5.03. The first-order valence-electron chi connectivity index (χ1n) is 9.61. The van der Waals surface area contributed by atoms with Crippen LogP contribution in [0.15, 0.2) is 78.9 Å². The summed E-state index contributed by atoms with van der Waals surface area (Å²) in [4.78, 5) is 2.39. The SMILES string of the molecule is OC1CCN(c2ccc(Oc3ccccc3)cc2Cc2ccccc2)CC1. The lowest BCUT2D eigenvalue weighted by atomic mass is 10.00. The number of ether oxygens (including phenoxy) is 1. The molecule has 27 heavy (non-hydrogen) atoms. The molecule has 3 aromatic rings. The van der Waals surface area contributed by atoms with Gasteiger partial charge in [0.15, 0.2) is 0 Å². The number of benzene rings is 3. The Labute approximate surface area is 160 Å². The van der Waals surface area contributed by atoms with Crippen molar-refractivity contribution in [3.05, 3.63) is 90.0 Å². The fourth-order valence-corrected chi connectivity index (χ4v) is 3.62. The Bertz CT molecular complexity index is 856. The second kappa shape index (κ2) is 8.28. The van der Waals surface area contributed by atoms with Gasteiger partial charge in [-0.1, -0.05) is 48.5 Å². The van der Waals surface area contributed by atoms with E-state index in [-0.39, 0.29) is 6.10 Å². The van der Waals surface area contributed by atoms with Crippen molar-refractivity contribution in [3.8, 4) is 11.5 Å². The van der Waals surface area contributed by atoms with E-state index in [1.807, 2.05) is 42.5 Å². The fraction of sp³-hybridized carbons (Fsp3) is 0.250. The Hall–Kier alpha value is -2.78. The average Bonchev–Trinajstić information content (AvgIpc) is 2.71. The van der Waals surface area contributed by atoms with Crippen molar-refractivity contribution in [2.24, 2.45) is 0 Å². The number of rotatable bonds is 5. The van der Waals surface area contributed by atoms with Gasteiger partial charge in [-0.15, -0.1) is 0 Å². The number of nitrogens with zero attached hydrogens (tertiary/aromatic N) is 1. The first-order chi connectivity index (χ1) is 13.3. The highest BCUT2D eigenvalue weighted by Gasteiger charge is 2.20. The standard InChI is InChI=1S/C24H25NO2/c26-21-13-15-25(16-14-21)24-12-11-23(27-22-9-5-2-6-10-22)18-20(24)17-19-7-3-1-4-8-19/h1-12,18,21,26H,13-17H2. The monoisotopic (exact) mass is 359 g/mol. The van der Waals surface area contributed by atoms with Gasteiger partial charge in [-0.2, -0.15) is 0 Å². The smallest absolute Gasteiger partial charge is 0.127 e. The minimum Gasteiger partial charge on any atom is -0.457 e. The molecule has 138 valence electrons. The maximum atomic E-state index is 9.84. The Kier molecular flexibility index (Phi) is 5.40. The summed E-state index contributed by atoms with van der Waals surface area (Å²) < 4.78 is 6.06. The molecule has 1 fully saturated rings. The first-order valence-corrected chi connectivity index (χ1v) is 9.61. The third kappa shape index (κ3) is 4.50. The van der Waals surface area contributed by atoms with Crippen LogP contribution in [0.5, 0.6) is 11.5 Å². The molecule has 3 heteroatoms. The molecule has 0 bridgehead atoms. The van der Waals surface area contributed by atoms with Crippen LogP contribution in [0.4, 0.5) is 5.69 Å². The molecule has 0 saturated carbocycles. The van der Waals surface area contributed by atoms with Gasteiger partial charge < -0.3 is 14.7 Å². The van der Waals surface area contributed by atoms with Gasteiger partial charge in [0, 0.05) is 18.8 Å². The molecule has 0 radical (unpaired) electrons. The van der Waals surface area contributed by atoms with E-state index in [1.54, 1.807) is 0 Å². The van der Waals surface area contributed by atoms with Crippen molar-refractivity contribution in [1.82, 2.24) is 0 Å². The summed E-state index contributed by atoms with van der Waals surface area (Å²) in [7, 11) is 0. The summed E-state index contributed by atoms with van der Waals surface area (Å²) in [6.07, 6.45) is 2.35. The van der Waals surface area contributed by atoms with Gasteiger partial charge in [0.05, 0.1) is 6.10 Å². The molecule has 1 aliphatic heterocycles. The van der Waals surface area contributed by atoms with Gasteiger partial charge in [-0.3, -0.25) is 0 Å². The molecule has 1 saturated heterocycles. The number of hydrogen-bond donors (Lipinski definition) is 1. The quantitative estimate of drug-likeness (QED) is 0.693. The highest BCUT2D eigenvalue weighted by Crippen LogP contribution is 2.31. The summed E-state index contributed by atoms with van der Waals surface area (Å²) in [5, 5.41) is 9.84. The normalized spacial score (nSPS) is 14.9. The van der Waals surface area contributed by atoms with Gasteiger partial charge in [-0.25, -0.2) is 0 Å². The van der Waals surface area contributed by atoms with Crippen molar-refractivity contribution in [1.29, 1.82) is 0 Å². The molecule has 0 unspecified atom stereocenters. The number of hydrogen-bond acceptors (Lipinski definition) is 3. The van der Waals surface area contributed by atoms with Gasteiger partial charge >= 0.3 is 0 Å². The largest absolute Gasteiger partial charge is 0.457 e. The lowest BCUT2D eigenvalue weighted by Gasteiger charge is -2.33. The van der Waals surface area contributed by atoms with Crippen molar-refractivity contribution in [3.63, 3.8) is 0 Å².